The number of rotatable bonds is 2. The van der Waals surface area contributed by atoms with Crippen LogP contribution in [0.25, 0.3) is 16.4 Å². The SMILES string of the molecule is CCOC(=O)c1cc2ccccc2n2nncc12. The molecular weight excluding hydrogens is 230 g/mol. The Morgan fingerprint density at radius 1 is 1.33 bits per heavy atom. The van der Waals surface area contributed by atoms with Crippen molar-refractivity contribution in [1.82, 2.24) is 14.8 Å². The zero-order chi connectivity index (χ0) is 12.5. The Kier molecular flexibility index (Phi) is 2.44. The second-order valence-electron chi connectivity index (χ2n) is 3.87. The van der Waals surface area contributed by atoms with Crippen molar-refractivity contribution in [2.45, 2.75) is 6.92 Å². The van der Waals surface area contributed by atoms with Crippen LogP contribution in [0.3, 0.4) is 0 Å². The molecule has 0 saturated heterocycles. The Hall–Kier alpha value is -2.43. The number of pyridine rings is 1. The standard InChI is InChI=1S/C13H11N3O2/c1-2-18-13(17)10-7-9-5-3-4-6-11(9)16-12(10)8-14-15-16/h3-8H,2H2,1H3. The molecule has 3 aromatic rings. The lowest BCUT2D eigenvalue weighted by Gasteiger charge is -2.06. The normalized spacial score (nSPS) is 10.9. The molecule has 3 rings (SSSR count). The summed E-state index contributed by atoms with van der Waals surface area (Å²) in [4.78, 5) is 11.9. The number of esters is 1. The molecule has 1 aromatic carbocycles. The predicted octanol–water partition coefficient (Wildman–Crippen LogP) is 2.06. The first-order chi connectivity index (χ1) is 8.81. The minimum absolute atomic E-state index is 0.347. The van der Waals surface area contributed by atoms with Gasteiger partial charge in [-0.3, -0.25) is 0 Å². The molecule has 0 saturated carbocycles. The Labute approximate surface area is 103 Å². The van der Waals surface area contributed by atoms with E-state index >= 15 is 0 Å². The van der Waals surface area contributed by atoms with Gasteiger partial charge in [0.25, 0.3) is 0 Å². The highest BCUT2D eigenvalue weighted by molar-refractivity contribution is 6.01. The number of para-hydroxylation sites is 1. The Morgan fingerprint density at radius 2 is 2.17 bits per heavy atom. The van der Waals surface area contributed by atoms with Crippen LogP contribution in [0.4, 0.5) is 0 Å². The van der Waals surface area contributed by atoms with E-state index in [1.165, 1.54) is 0 Å². The van der Waals surface area contributed by atoms with Gasteiger partial charge in [-0.2, -0.15) is 0 Å². The fourth-order valence-corrected chi connectivity index (χ4v) is 2.00. The van der Waals surface area contributed by atoms with Gasteiger partial charge in [-0.1, -0.05) is 23.4 Å². The van der Waals surface area contributed by atoms with Gasteiger partial charge < -0.3 is 4.74 Å². The highest BCUT2D eigenvalue weighted by Crippen LogP contribution is 2.20. The number of hydrogen-bond acceptors (Lipinski definition) is 4. The average Bonchev–Trinajstić information content (AvgIpc) is 2.87. The van der Waals surface area contributed by atoms with E-state index in [4.69, 9.17) is 4.74 Å². The van der Waals surface area contributed by atoms with Crippen LogP contribution in [0.2, 0.25) is 0 Å². The van der Waals surface area contributed by atoms with Crippen molar-refractivity contribution in [2.75, 3.05) is 6.61 Å². The molecule has 0 spiro atoms. The van der Waals surface area contributed by atoms with Crippen molar-refractivity contribution in [3.8, 4) is 0 Å². The van der Waals surface area contributed by atoms with Gasteiger partial charge in [0.15, 0.2) is 0 Å². The van der Waals surface area contributed by atoms with Gasteiger partial charge in [0.2, 0.25) is 0 Å². The highest BCUT2D eigenvalue weighted by Gasteiger charge is 2.15. The van der Waals surface area contributed by atoms with E-state index in [-0.39, 0.29) is 5.97 Å². The van der Waals surface area contributed by atoms with Crippen LogP contribution >= 0.6 is 0 Å². The maximum Gasteiger partial charge on any atom is 0.340 e. The summed E-state index contributed by atoms with van der Waals surface area (Å²) in [5.41, 5.74) is 2.06. The molecule has 0 atom stereocenters. The summed E-state index contributed by atoms with van der Waals surface area (Å²) in [5, 5.41) is 8.80. The topological polar surface area (TPSA) is 56.5 Å². The van der Waals surface area contributed by atoms with E-state index in [0.717, 1.165) is 10.9 Å². The molecule has 2 heterocycles. The van der Waals surface area contributed by atoms with Crippen LogP contribution < -0.4 is 0 Å². The van der Waals surface area contributed by atoms with E-state index in [1.54, 1.807) is 17.6 Å². The molecule has 18 heavy (non-hydrogen) atoms. The number of ether oxygens (including phenoxy) is 1. The zero-order valence-corrected chi connectivity index (χ0v) is 9.83. The summed E-state index contributed by atoms with van der Waals surface area (Å²) >= 11 is 0. The summed E-state index contributed by atoms with van der Waals surface area (Å²) in [6.07, 6.45) is 1.57. The van der Waals surface area contributed by atoms with Crippen LogP contribution in [0.1, 0.15) is 17.3 Å². The summed E-state index contributed by atoms with van der Waals surface area (Å²) in [5.74, 6) is -0.351. The molecule has 90 valence electrons. The van der Waals surface area contributed by atoms with Crippen molar-refractivity contribution in [2.24, 2.45) is 0 Å². The van der Waals surface area contributed by atoms with Crippen LogP contribution in [-0.4, -0.2) is 27.4 Å². The van der Waals surface area contributed by atoms with Gasteiger partial charge in [0, 0.05) is 5.39 Å². The maximum absolute atomic E-state index is 11.9. The fraction of sp³-hybridized carbons (Fsp3) is 0.154. The first kappa shape index (κ1) is 10.7. The average molecular weight is 241 g/mol. The van der Waals surface area contributed by atoms with Crippen LogP contribution in [0.15, 0.2) is 36.5 Å². The summed E-state index contributed by atoms with van der Waals surface area (Å²) in [6, 6.07) is 9.52. The second-order valence-corrected chi connectivity index (χ2v) is 3.87. The van der Waals surface area contributed by atoms with Crippen molar-refractivity contribution >= 4 is 22.4 Å². The first-order valence-electron chi connectivity index (χ1n) is 5.70. The lowest BCUT2D eigenvalue weighted by atomic mass is 10.1. The lowest BCUT2D eigenvalue weighted by molar-refractivity contribution is 0.0528. The van der Waals surface area contributed by atoms with Crippen LogP contribution in [0.5, 0.6) is 0 Å². The molecule has 0 bridgehead atoms. The maximum atomic E-state index is 11.9. The number of aromatic nitrogens is 3. The Morgan fingerprint density at radius 3 is 3.00 bits per heavy atom. The number of benzene rings is 1. The molecule has 0 aliphatic carbocycles. The van der Waals surface area contributed by atoms with E-state index in [1.807, 2.05) is 30.3 Å². The molecule has 0 fully saturated rings. The second kappa shape index (κ2) is 4.10. The van der Waals surface area contributed by atoms with E-state index in [0.29, 0.717) is 17.7 Å². The van der Waals surface area contributed by atoms with Crippen molar-refractivity contribution in [3.05, 3.63) is 42.1 Å². The van der Waals surface area contributed by atoms with Gasteiger partial charge in [-0.05, 0) is 19.1 Å². The molecule has 0 amide bonds. The van der Waals surface area contributed by atoms with E-state index in [2.05, 4.69) is 10.3 Å². The summed E-state index contributed by atoms with van der Waals surface area (Å²) < 4.78 is 6.70. The molecule has 5 heteroatoms. The van der Waals surface area contributed by atoms with E-state index in [9.17, 15) is 4.79 Å². The zero-order valence-electron chi connectivity index (χ0n) is 9.83. The van der Waals surface area contributed by atoms with Gasteiger partial charge in [0.1, 0.15) is 5.52 Å². The van der Waals surface area contributed by atoms with Gasteiger partial charge in [0.05, 0.1) is 23.9 Å². The molecular formula is C13H11N3O2. The predicted molar refractivity (Wildman–Crippen MR) is 66.4 cm³/mol. The van der Waals surface area contributed by atoms with Gasteiger partial charge >= 0.3 is 5.97 Å². The molecule has 0 aliphatic rings. The Bertz CT molecular complexity index is 733. The summed E-state index contributed by atoms with van der Waals surface area (Å²) in [7, 11) is 0. The fourth-order valence-electron chi connectivity index (χ4n) is 2.00. The van der Waals surface area contributed by atoms with E-state index < -0.39 is 0 Å². The monoisotopic (exact) mass is 241 g/mol. The number of hydrogen-bond donors (Lipinski definition) is 0. The Balaban J connectivity index is 2.35. The van der Waals surface area contributed by atoms with Crippen molar-refractivity contribution in [3.63, 3.8) is 0 Å². The molecule has 2 aromatic heterocycles. The van der Waals surface area contributed by atoms with Crippen LogP contribution in [-0.2, 0) is 4.74 Å². The number of carbonyl (C=O) groups is 1. The highest BCUT2D eigenvalue weighted by atomic mass is 16.5. The lowest BCUT2D eigenvalue weighted by Crippen LogP contribution is -2.07. The quantitative estimate of drug-likeness (QED) is 0.644. The minimum atomic E-state index is -0.351. The molecule has 0 radical (unpaired) electrons. The third-order valence-corrected chi connectivity index (χ3v) is 2.79. The summed E-state index contributed by atoms with van der Waals surface area (Å²) in [6.45, 7) is 2.13. The number of fused-ring (bicyclic) bond motifs is 3. The molecule has 0 unspecified atom stereocenters. The molecule has 0 aliphatic heterocycles. The van der Waals surface area contributed by atoms with Crippen molar-refractivity contribution in [1.29, 1.82) is 0 Å². The largest absolute Gasteiger partial charge is 0.462 e. The number of nitrogens with zero attached hydrogens (tertiary/aromatic N) is 3. The van der Waals surface area contributed by atoms with Gasteiger partial charge in [-0.25, -0.2) is 9.31 Å². The van der Waals surface area contributed by atoms with Gasteiger partial charge in [-0.15, -0.1) is 5.10 Å². The first-order valence-corrected chi connectivity index (χ1v) is 5.70. The third kappa shape index (κ3) is 1.52. The minimum Gasteiger partial charge on any atom is -0.462 e. The van der Waals surface area contributed by atoms with Crippen molar-refractivity contribution < 1.29 is 9.53 Å². The van der Waals surface area contributed by atoms with Crippen LogP contribution in [0, 0.1) is 0 Å². The molecule has 0 N–H and O–H groups in total. The number of carbonyl (C=O) groups excluding carboxylic acids is 1. The smallest absolute Gasteiger partial charge is 0.340 e. The third-order valence-electron chi connectivity index (χ3n) is 2.79. The molecule has 5 nitrogen and oxygen atoms in total.